The van der Waals surface area contributed by atoms with Crippen molar-refractivity contribution in [2.45, 2.75) is 105 Å². The van der Waals surface area contributed by atoms with E-state index in [0.29, 0.717) is 55.7 Å². The Kier molecular flexibility index (Phi) is 10.5. The second-order valence-corrected chi connectivity index (χ2v) is 23.1. The van der Waals surface area contributed by atoms with E-state index in [4.69, 9.17) is 19.9 Å². The summed E-state index contributed by atoms with van der Waals surface area (Å²) in [5.74, 6) is -0.152. The SMILES string of the molecule is CC(C)(C)c1cc(-c2c3nc(c(-c4cc(C(C)(C)C)cc(C(C)(C)C)c4)c4cc5c([n-]4)c(c4nc(c6c7[n-]c2cc7C(=O)c2ccccc2-6)C=C4)-c2ccccc2C5=O)C=C3)cc(C(C)(C)C)c1.[Ni+2]. The maximum absolute atomic E-state index is 14.8. The molecule has 0 spiro atoms. The van der Waals surface area contributed by atoms with Gasteiger partial charge in [-0.1, -0.05) is 180 Å². The van der Waals surface area contributed by atoms with Crippen LogP contribution in [0.15, 0.2) is 97.1 Å². The van der Waals surface area contributed by atoms with E-state index in [1.807, 2.05) is 72.8 Å². The minimum Gasteiger partial charge on any atom is -0.656 e. The molecule has 3 aromatic heterocycles. The van der Waals surface area contributed by atoms with E-state index in [0.717, 1.165) is 55.9 Å². The third-order valence-corrected chi connectivity index (χ3v) is 14.1. The van der Waals surface area contributed by atoms with Crippen molar-refractivity contribution in [1.82, 2.24) is 19.9 Å². The molecule has 2 aliphatic heterocycles. The van der Waals surface area contributed by atoms with Crippen LogP contribution >= 0.6 is 0 Å². The Bertz CT molecular complexity index is 3340. The van der Waals surface area contributed by atoms with Crippen molar-refractivity contribution in [3.63, 3.8) is 0 Å². The third-order valence-electron chi connectivity index (χ3n) is 14.1. The Hall–Kier alpha value is -6.69. The first kappa shape index (κ1) is 46.1. The van der Waals surface area contributed by atoms with Gasteiger partial charge in [0.1, 0.15) is 0 Å². The van der Waals surface area contributed by atoms with Crippen LogP contribution in [0.2, 0.25) is 0 Å². The number of fused-ring (bicyclic) bond motifs is 12. The molecule has 11 rings (SSSR count). The largest absolute Gasteiger partial charge is 2.00 e. The van der Waals surface area contributed by atoms with E-state index in [1.165, 1.54) is 22.3 Å². The van der Waals surface area contributed by atoms with Crippen LogP contribution in [0.1, 0.15) is 160 Å². The van der Waals surface area contributed by atoms with Crippen LogP contribution < -0.4 is 9.97 Å². The quantitative estimate of drug-likeness (QED) is 0.160. The average Bonchev–Trinajstić information content (AvgIpc) is 4.11. The Labute approximate surface area is 415 Å². The van der Waals surface area contributed by atoms with Crippen molar-refractivity contribution in [2.24, 2.45) is 0 Å². The molecule has 5 heterocycles. The number of hydrogen-bond acceptors (Lipinski definition) is 4. The molecule has 0 N–H and O–H groups in total. The molecule has 7 heteroatoms. The second kappa shape index (κ2) is 15.7. The second-order valence-electron chi connectivity index (χ2n) is 23.1. The van der Waals surface area contributed by atoms with Crippen LogP contribution in [-0.4, -0.2) is 21.5 Å². The van der Waals surface area contributed by atoms with Crippen LogP contribution in [0.5, 0.6) is 0 Å². The smallest absolute Gasteiger partial charge is 0.656 e. The first-order valence-corrected chi connectivity index (χ1v) is 23.8. The number of benzene rings is 4. The van der Waals surface area contributed by atoms with E-state index < -0.39 is 0 Å². The minimum absolute atomic E-state index is 0. The Balaban J connectivity index is 0.00000553. The van der Waals surface area contributed by atoms with Crippen LogP contribution in [0.25, 0.3) is 90.9 Å². The molecule has 0 unspecified atom stereocenters. The van der Waals surface area contributed by atoms with Crippen LogP contribution in [0.4, 0.5) is 0 Å². The van der Waals surface area contributed by atoms with Gasteiger partial charge in [0.15, 0.2) is 11.6 Å². The maximum Gasteiger partial charge on any atom is 2.00 e. The van der Waals surface area contributed by atoms with Gasteiger partial charge < -0.3 is 9.97 Å². The zero-order chi connectivity index (χ0) is 48.0. The summed E-state index contributed by atoms with van der Waals surface area (Å²) in [5, 5.41) is 0. The van der Waals surface area contributed by atoms with Gasteiger partial charge >= 0.3 is 16.5 Å². The molecule has 69 heavy (non-hydrogen) atoms. The summed E-state index contributed by atoms with van der Waals surface area (Å²) < 4.78 is 0. The predicted molar refractivity (Wildman–Crippen MR) is 280 cm³/mol. The number of carbonyl (C=O) groups is 2. The van der Waals surface area contributed by atoms with Crippen molar-refractivity contribution in [3.05, 3.63) is 164 Å². The van der Waals surface area contributed by atoms with Crippen LogP contribution in [0, 0.1) is 0 Å². The summed E-state index contributed by atoms with van der Waals surface area (Å²) in [5.41, 5.74) is 18.4. The maximum atomic E-state index is 14.8. The van der Waals surface area contributed by atoms with Gasteiger partial charge in [0.05, 0.1) is 22.8 Å². The molecule has 6 nitrogen and oxygen atoms in total. The van der Waals surface area contributed by atoms with Gasteiger partial charge in [-0.3, -0.25) is 9.59 Å². The van der Waals surface area contributed by atoms with Gasteiger partial charge in [0.2, 0.25) is 0 Å². The molecular formula is C62H56N4NiO2. The fourth-order valence-corrected chi connectivity index (χ4v) is 10.1. The minimum atomic E-state index is -0.169. The van der Waals surface area contributed by atoms with Gasteiger partial charge in [0.25, 0.3) is 0 Å². The van der Waals surface area contributed by atoms with Gasteiger partial charge in [-0.15, -0.1) is 22.1 Å². The molecule has 2 aliphatic carbocycles. The van der Waals surface area contributed by atoms with Gasteiger partial charge in [-0.05, 0) is 113 Å². The summed E-state index contributed by atoms with van der Waals surface area (Å²) in [6.45, 7) is 27.0. The summed E-state index contributed by atoms with van der Waals surface area (Å²) in [4.78, 5) is 51.7. The normalized spacial score (nSPS) is 13.9. The van der Waals surface area contributed by atoms with E-state index in [1.54, 1.807) is 0 Å². The van der Waals surface area contributed by atoms with Crippen LogP contribution in [-0.2, 0) is 38.2 Å². The number of ketones is 2. The molecular weight excluding hydrogens is 891 g/mol. The molecule has 4 aromatic carbocycles. The topological polar surface area (TPSA) is 88.1 Å². The summed E-state index contributed by atoms with van der Waals surface area (Å²) in [6.07, 6.45) is 8.21. The van der Waals surface area contributed by atoms with Crippen LogP contribution in [0.3, 0.4) is 0 Å². The van der Waals surface area contributed by atoms with Crippen molar-refractivity contribution in [3.8, 4) is 44.5 Å². The first-order valence-electron chi connectivity index (χ1n) is 23.8. The molecule has 7 aromatic rings. The molecule has 8 bridgehead atoms. The van der Waals surface area contributed by atoms with E-state index in [-0.39, 0.29) is 49.7 Å². The number of rotatable bonds is 2. The summed E-state index contributed by atoms with van der Waals surface area (Å²) in [7, 11) is 0. The van der Waals surface area contributed by atoms with Crippen molar-refractivity contribution < 1.29 is 26.1 Å². The molecule has 0 radical (unpaired) electrons. The standard InChI is InChI=1S/C62H58N4O2.Ni/c1-59(2,3)35-25-33(26-36(29-35)60(4,5)6)51-45-21-22-46(63-45)52(34-27-37(61(7,8)9)30-38(28-34)62(10,11)12)50-32-44-56(66-50)54(40-18-14-16-20-42(40)58(44)68)48-24-23-47(64-48)53-39-17-13-15-19-41(39)57(67)43-31-49(51)65-55(43)53;/h13-32H,1-12H3,(H2,63,64,65,66,67,68);/q;+2/p-2. The van der Waals surface area contributed by atoms with Crippen molar-refractivity contribution in [1.29, 1.82) is 0 Å². The summed E-state index contributed by atoms with van der Waals surface area (Å²) >= 11 is 0. The molecule has 346 valence electrons. The number of nitrogens with zero attached hydrogens (tertiary/aromatic N) is 4. The molecule has 4 aliphatic rings. The predicted octanol–water partition coefficient (Wildman–Crippen LogP) is 14.9. The molecule has 0 fully saturated rings. The Morgan fingerprint density at radius 3 is 0.957 bits per heavy atom. The first-order chi connectivity index (χ1) is 32.0. The number of hydrogen-bond donors (Lipinski definition) is 0. The number of aromatic nitrogens is 4. The van der Waals surface area contributed by atoms with E-state index >= 15 is 0 Å². The van der Waals surface area contributed by atoms with Crippen molar-refractivity contribution in [2.75, 3.05) is 0 Å². The monoisotopic (exact) mass is 946 g/mol. The zero-order valence-corrected chi connectivity index (χ0v) is 42.5. The molecule has 0 atom stereocenters. The summed E-state index contributed by atoms with van der Waals surface area (Å²) in [6, 6.07) is 33.2. The fourth-order valence-electron chi connectivity index (χ4n) is 10.1. The Morgan fingerprint density at radius 2 is 0.652 bits per heavy atom. The molecule has 0 saturated carbocycles. The van der Waals surface area contributed by atoms with Gasteiger partial charge in [-0.25, -0.2) is 9.97 Å². The number of carbonyl (C=O) groups excluding carboxylic acids is 2. The Morgan fingerprint density at radius 1 is 0.362 bits per heavy atom. The molecule has 0 amide bonds. The van der Waals surface area contributed by atoms with E-state index in [2.05, 4.69) is 132 Å². The van der Waals surface area contributed by atoms with Crippen molar-refractivity contribution >= 4 is 57.9 Å². The molecule has 0 saturated heterocycles. The van der Waals surface area contributed by atoms with E-state index in [9.17, 15) is 9.59 Å². The fraction of sp³-hybridized carbons (Fsp3) is 0.258. The average molecular weight is 948 g/mol. The zero-order valence-electron chi connectivity index (χ0n) is 41.5. The third kappa shape index (κ3) is 7.52. The van der Waals surface area contributed by atoms with Gasteiger partial charge in [-0.2, -0.15) is 0 Å². The van der Waals surface area contributed by atoms with Gasteiger partial charge in [0, 0.05) is 22.3 Å².